The molecule has 0 amide bonds. The van der Waals surface area contributed by atoms with E-state index >= 15 is 0 Å². The molecule has 1 saturated heterocycles. The Labute approximate surface area is 76.9 Å². The average molecular weight is 169 g/mol. The highest BCUT2D eigenvalue weighted by Crippen LogP contribution is 2.28. The standard InChI is InChI=1S/C11H23N/c1-4-9(5-2)11-10(6-3)7-8-12-11/h9-12H,4-8H2,1-3H3. The summed E-state index contributed by atoms with van der Waals surface area (Å²) >= 11 is 0. The van der Waals surface area contributed by atoms with Crippen LogP contribution >= 0.6 is 0 Å². The molecule has 0 saturated carbocycles. The van der Waals surface area contributed by atoms with Gasteiger partial charge >= 0.3 is 0 Å². The summed E-state index contributed by atoms with van der Waals surface area (Å²) < 4.78 is 0. The molecule has 1 heterocycles. The maximum Gasteiger partial charge on any atom is 0.0124 e. The second-order valence-electron chi connectivity index (χ2n) is 4.01. The van der Waals surface area contributed by atoms with Gasteiger partial charge in [0, 0.05) is 6.04 Å². The van der Waals surface area contributed by atoms with E-state index in [2.05, 4.69) is 26.1 Å². The van der Waals surface area contributed by atoms with E-state index in [0.717, 1.165) is 17.9 Å². The van der Waals surface area contributed by atoms with Crippen molar-refractivity contribution in [3.05, 3.63) is 0 Å². The third kappa shape index (κ3) is 2.01. The summed E-state index contributed by atoms with van der Waals surface area (Å²) in [6.07, 6.45) is 5.43. The van der Waals surface area contributed by atoms with Gasteiger partial charge in [-0.25, -0.2) is 0 Å². The Hall–Kier alpha value is -0.0400. The molecule has 1 heteroatoms. The molecule has 1 aliphatic heterocycles. The summed E-state index contributed by atoms with van der Waals surface area (Å²) in [6, 6.07) is 0.824. The van der Waals surface area contributed by atoms with Crippen molar-refractivity contribution in [2.24, 2.45) is 11.8 Å². The van der Waals surface area contributed by atoms with E-state index in [-0.39, 0.29) is 0 Å². The van der Waals surface area contributed by atoms with Crippen LogP contribution in [0.2, 0.25) is 0 Å². The van der Waals surface area contributed by atoms with E-state index in [1.165, 1.54) is 32.2 Å². The first-order chi connectivity index (χ1) is 5.83. The van der Waals surface area contributed by atoms with Crippen LogP contribution in [-0.4, -0.2) is 12.6 Å². The van der Waals surface area contributed by atoms with E-state index in [1.54, 1.807) is 0 Å². The zero-order valence-electron chi connectivity index (χ0n) is 8.77. The Balaban J connectivity index is 2.47. The van der Waals surface area contributed by atoms with Gasteiger partial charge in [-0.05, 0) is 24.8 Å². The molecule has 1 aliphatic rings. The predicted octanol–water partition coefficient (Wildman–Crippen LogP) is 2.81. The van der Waals surface area contributed by atoms with Gasteiger partial charge < -0.3 is 5.32 Å². The molecular weight excluding hydrogens is 146 g/mol. The van der Waals surface area contributed by atoms with Crippen LogP contribution < -0.4 is 5.32 Å². The van der Waals surface area contributed by atoms with Crippen molar-refractivity contribution >= 4 is 0 Å². The first kappa shape index (κ1) is 10.0. The van der Waals surface area contributed by atoms with Crippen molar-refractivity contribution < 1.29 is 0 Å². The number of rotatable bonds is 4. The molecule has 0 bridgehead atoms. The second kappa shape index (κ2) is 4.86. The van der Waals surface area contributed by atoms with Crippen LogP contribution in [0, 0.1) is 11.8 Å². The molecular formula is C11H23N. The minimum Gasteiger partial charge on any atom is -0.313 e. The minimum absolute atomic E-state index is 0.824. The van der Waals surface area contributed by atoms with E-state index in [4.69, 9.17) is 0 Å². The predicted molar refractivity (Wildman–Crippen MR) is 54.3 cm³/mol. The maximum atomic E-state index is 3.66. The molecule has 2 atom stereocenters. The molecule has 0 aromatic carbocycles. The van der Waals surface area contributed by atoms with Crippen LogP contribution in [0.5, 0.6) is 0 Å². The fourth-order valence-corrected chi connectivity index (χ4v) is 2.59. The summed E-state index contributed by atoms with van der Waals surface area (Å²) in [5.41, 5.74) is 0. The van der Waals surface area contributed by atoms with Crippen molar-refractivity contribution in [3.8, 4) is 0 Å². The normalized spacial score (nSPS) is 30.0. The van der Waals surface area contributed by atoms with Gasteiger partial charge in [0.15, 0.2) is 0 Å². The molecule has 2 unspecified atom stereocenters. The van der Waals surface area contributed by atoms with Gasteiger partial charge in [-0.2, -0.15) is 0 Å². The minimum atomic E-state index is 0.824. The van der Waals surface area contributed by atoms with Crippen molar-refractivity contribution in [1.82, 2.24) is 5.32 Å². The van der Waals surface area contributed by atoms with E-state index in [0.29, 0.717) is 0 Å². The summed E-state index contributed by atoms with van der Waals surface area (Å²) in [5, 5.41) is 3.66. The van der Waals surface area contributed by atoms with Crippen LogP contribution in [0.25, 0.3) is 0 Å². The third-order valence-electron chi connectivity index (χ3n) is 3.48. The van der Waals surface area contributed by atoms with E-state index < -0.39 is 0 Å². The van der Waals surface area contributed by atoms with E-state index in [9.17, 15) is 0 Å². The summed E-state index contributed by atoms with van der Waals surface area (Å²) in [7, 11) is 0. The van der Waals surface area contributed by atoms with Gasteiger partial charge in [0.1, 0.15) is 0 Å². The molecule has 0 radical (unpaired) electrons. The molecule has 1 rings (SSSR count). The van der Waals surface area contributed by atoms with Crippen LogP contribution in [0.3, 0.4) is 0 Å². The number of nitrogens with one attached hydrogen (secondary N) is 1. The highest BCUT2D eigenvalue weighted by Gasteiger charge is 2.29. The molecule has 1 fully saturated rings. The quantitative estimate of drug-likeness (QED) is 0.682. The van der Waals surface area contributed by atoms with Crippen LogP contribution in [0.1, 0.15) is 46.5 Å². The maximum absolute atomic E-state index is 3.66. The largest absolute Gasteiger partial charge is 0.313 e. The van der Waals surface area contributed by atoms with Crippen molar-refractivity contribution in [2.45, 2.75) is 52.5 Å². The molecule has 0 aliphatic carbocycles. The Kier molecular flexibility index (Phi) is 4.07. The SMILES string of the molecule is CCC(CC)C1NCCC1CC. The highest BCUT2D eigenvalue weighted by molar-refractivity contribution is 4.87. The number of hydrogen-bond donors (Lipinski definition) is 1. The van der Waals surface area contributed by atoms with Crippen molar-refractivity contribution in [3.63, 3.8) is 0 Å². The first-order valence-corrected chi connectivity index (χ1v) is 5.56. The Morgan fingerprint density at radius 3 is 2.42 bits per heavy atom. The molecule has 72 valence electrons. The molecule has 0 aromatic rings. The zero-order valence-corrected chi connectivity index (χ0v) is 8.77. The monoisotopic (exact) mass is 169 g/mol. The fraction of sp³-hybridized carbons (Fsp3) is 1.00. The summed E-state index contributed by atoms with van der Waals surface area (Å²) in [6.45, 7) is 8.22. The van der Waals surface area contributed by atoms with Gasteiger partial charge in [-0.3, -0.25) is 0 Å². The summed E-state index contributed by atoms with van der Waals surface area (Å²) in [5.74, 6) is 1.87. The third-order valence-corrected chi connectivity index (χ3v) is 3.48. The Bertz CT molecular complexity index is 118. The van der Waals surface area contributed by atoms with E-state index in [1.807, 2.05) is 0 Å². The first-order valence-electron chi connectivity index (χ1n) is 5.56. The lowest BCUT2D eigenvalue weighted by Crippen LogP contribution is -2.34. The average Bonchev–Trinajstić information content (AvgIpc) is 2.55. The van der Waals surface area contributed by atoms with Crippen LogP contribution in [0.15, 0.2) is 0 Å². The second-order valence-corrected chi connectivity index (χ2v) is 4.01. The molecule has 0 spiro atoms. The van der Waals surface area contributed by atoms with Gasteiger partial charge in [-0.1, -0.05) is 40.0 Å². The van der Waals surface area contributed by atoms with Crippen molar-refractivity contribution in [1.29, 1.82) is 0 Å². The molecule has 1 nitrogen and oxygen atoms in total. The zero-order chi connectivity index (χ0) is 8.97. The van der Waals surface area contributed by atoms with Gasteiger partial charge in [0.25, 0.3) is 0 Å². The van der Waals surface area contributed by atoms with Crippen LogP contribution in [0.4, 0.5) is 0 Å². The highest BCUT2D eigenvalue weighted by atomic mass is 15.0. The fourth-order valence-electron chi connectivity index (χ4n) is 2.59. The topological polar surface area (TPSA) is 12.0 Å². The Morgan fingerprint density at radius 2 is 1.92 bits per heavy atom. The lowest BCUT2D eigenvalue weighted by atomic mass is 9.85. The molecule has 0 aromatic heterocycles. The van der Waals surface area contributed by atoms with Gasteiger partial charge in [-0.15, -0.1) is 0 Å². The summed E-state index contributed by atoms with van der Waals surface area (Å²) in [4.78, 5) is 0. The Morgan fingerprint density at radius 1 is 1.25 bits per heavy atom. The van der Waals surface area contributed by atoms with Crippen molar-refractivity contribution in [2.75, 3.05) is 6.54 Å². The molecule has 12 heavy (non-hydrogen) atoms. The van der Waals surface area contributed by atoms with Crippen LogP contribution in [-0.2, 0) is 0 Å². The van der Waals surface area contributed by atoms with Gasteiger partial charge in [0.2, 0.25) is 0 Å². The smallest absolute Gasteiger partial charge is 0.0124 e. The number of hydrogen-bond acceptors (Lipinski definition) is 1. The van der Waals surface area contributed by atoms with Gasteiger partial charge in [0.05, 0.1) is 0 Å². The lowest BCUT2D eigenvalue weighted by molar-refractivity contribution is 0.295. The lowest BCUT2D eigenvalue weighted by Gasteiger charge is -2.26. The molecule has 1 N–H and O–H groups in total.